The summed E-state index contributed by atoms with van der Waals surface area (Å²) in [4.78, 5) is 25.5. The second-order valence-electron chi connectivity index (χ2n) is 8.69. The molecule has 1 N–H and O–H groups in total. The lowest BCUT2D eigenvalue weighted by Gasteiger charge is -2.52. The van der Waals surface area contributed by atoms with Crippen molar-refractivity contribution in [3.05, 3.63) is 44.8 Å². The Bertz CT molecular complexity index is 838. The lowest BCUT2D eigenvalue weighted by atomic mass is 9.83. The number of hydrogen-bond donors (Lipinski definition) is 1. The normalized spacial score (nSPS) is 25.4. The zero-order valence-electron chi connectivity index (χ0n) is 17.8. The van der Waals surface area contributed by atoms with Gasteiger partial charge in [-0.05, 0) is 35.7 Å². The molecule has 8 heteroatoms. The number of piperidine rings is 3. The molecule has 1 atom stereocenters. The highest BCUT2D eigenvalue weighted by Gasteiger charge is 2.51. The van der Waals surface area contributed by atoms with Crippen LogP contribution in [0.15, 0.2) is 35.0 Å². The van der Waals surface area contributed by atoms with Crippen molar-refractivity contribution in [2.24, 2.45) is 5.92 Å². The second-order valence-corrected chi connectivity index (χ2v) is 10.6. The van der Waals surface area contributed by atoms with Crippen molar-refractivity contribution >= 4 is 34.6 Å². The third-order valence-corrected chi connectivity index (χ3v) is 8.64. The van der Waals surface area contributed by atoms with E-state index in [0.717, 1.165) is 56.3 Å². The molecule has 2 aromatic rings. The number of hydrogen-bond acceptors (Lipinski definition) is 7. The van der Waals surface area contributed by atoms with Crippen LogP contribution in [0.1, 0.15) is 42.4 Å². The molecule has 5 heterocycles. The highest BCUT2D eigenvalue weighted by Crippen LogP contribution is 2.40. The smallest absolute Gasteiger partial charge is 0.349 e. The molecule has 3 aliphatic rings. The molecular weight excluding hydrogens is 434 g/mol. The van der Waals surface area contributed by atoms with E-state index in [4.69, 9.17) is 9.47 Å². The van der Waals surface area contributed by atoms with E-state index in [1.165, 1.54) is 29.6 Å². The number of thiophene rings is 2. The van der Waals surface area contributed by atoms with Gasteiger partial charge < -0.3 is 19.1 Å². The molecule has 0 spiro atoms. The summed E-state index contributed by atoms with van der Waals surface area (Å²) in [7, 11) is 0. The van der Waals surface area contributed by atoms with E-state index in [0.29, 0.717) is 22.3 Å². The molecule has 0 amide bonds. The predicted molar refractivity (Wildman–Crippen MR) is 120 cm³/mol. The van der Waals surface area contributed by atoms with Gasteiger partial charge in [0.05, 0.1) is 36.0 Å². The van der Waals surface area contributed by atoms with Crippen molar-refractivity contribution in [3.63, 3.8) is 0 Å². The highest BCUT2D eigenvalue weighted by molar-refractivity contribution is 7.12. The van der Waals surface area contributed by atoms with E-state index in [1.807, 2.05) is 22.9 Å². The molecule has 0 aliphatic carbocycles. The van der Waals surface area contributed by atoms with Crippen LogP contribution in [0.5, 0.6) is 0 Å². The lowest BCUT2D eigenvalue weighted by molar-refractivity contribution is -0.946. The first-order valence-electron chi connectivity index (χ1n) is 10.9. The molecule has 0 radical (unpaired) electrons. The maximum atomic E-state index is 13.4. The lowest BCUT2D eigenvalue weighted by Crippen LogP contribution is -2.65. The van der Waals surface area contributed by atoms with Gasteiger partial charge in [0.1, 0.15) is 6.54 Å². The first kappa shape index (κ1) is 22.5. The van der Waals surface area contributed by atoms with E-state index in [9.17, 15) is 14.7 Å². The molecule has 2 bridgehead atoms. The van der Waals surface area contributed by atoms with Gasteiger partial charge in [-0.15, -0.1) is 22.7 Å². The maximum absolute atomic E-state index is 13.4. The Morgan fingerprint density at radius 2 is 1.77 bits per heavy atom. The van der Waals surface area contributed by atoms with Crippen LogP contribution in [0.25, 0.3) is 0 Å². The molecule has 3 fully saturated rings. The second kappa shape index (κ2) is 9.40. The van der Waals surface area contributed by atoms with Gasteiger partial charge in [-0.1, -0.05) is 12.1 Å². The monoisotopic (exact) mass is 464 g/mol. The van der Waals surface area contributed by atoms with Crippen LogP contribution in [-0.4, -0.2) is 60.4 Å². The van der Waals surface area contributed by atoms with Gasteiger partial charge in [-0.3, -0.25) is 4.79 Å². The topological polar surface area (TPSA) is 72.8 Å². The molecular formula is C23H30NO5S2+. The van der Waals surface area contributed by atoms with E-state index in [2.05, 4.69) is 0 Å². The Morgan fingerprint density at radius 3 is 2.32 bits per heavy atom. The van der Waals surface area contributed by atoms with Crippen LogP contribution in [0, 0.1) is 5.92 Å². The average molecular weight is 465 g/mol. The van der Waals surface area contributed by atoms with E-state index in [-0.39, 0.29) is 12.1 Å². The van der Waals surface area contributed by atoms with Gasteiger partial charge in [0.15, 0.2) is 6.10 Å². The van der Waals surface area contributed by atoms with Gasteiger partial charge in [0, 0.05) is 25.7 Å². The van der Waals surface area contributed by atoms with E-state index < -0.39 is 11.6 Å². The van der Waals surface area contributed by atoms with Crippen LogP contribution in [0.4, 0.5) is 0 Å². The number of fused-ring (bicyclic) bond motifs is 3. The Balaban J connectivity index is 1.42. The summed E-state index contributed by atoms with van der Waals surface area (Å²) in [6.45, 7) is 5.91. The van der Waals surface area contributed by atoms with Gasteiger partial charge in [0.25, 0.3) is 0 Å². The summed E-state index contributed by atoms with van der Waals surface area (Å²) in [5, 5.41) is 15.2. The minimum atomic E-state index is -1.75. The summed E-state index contributed by atoms with van der Waals surface area (Å²) in [6, 6.07) is 7.27. The minimum Gasteiger partial charge on any atom is -0.466 e. The Labute approximate surface area is 191 Å². The van der Waals surface area contributed by atoms with Gasteiger partial charge in [-0.25, -0.2) is 4.79 Å². The number of quaternary nitrogens is 1. The number of esters is 2. The highest BCUT2D eigenvalue weighted by atomic mass is 32.1. The fourth-order valence-electron chi connectivity index (χ4n) is 4.95. The first-order chi connectivity index (χ1) is 14.9. The van der Waals surface area contributed by atoms with Crippen molar-refractivity contribution in [2.75, 3.05) is 32.8 Å². The van der Waals surface area contributed by atoms with E-state index >= 15 is 0 Å². The van der Waals surface area contributed by atoms with Gasteiger partial charge >= 0.3 is 11.9 Å². The Kier molecular flexibility index (Phi) is 6.81. The minimum absolute atomic E-state index is 0.171. The number of ether oxygens (including phenoxy) is 2. The Morgan fingerprint density at radius 1 is 1.13 bits per heavy atom. The molecule has 3 saturated heterocycles. The number of carbonyl (C=O) groups is 2. The maximum Gasteiger partial charge on any atom is 0.349 e. The first-order valence-corrected chi connectivity index (χ1v) is 12.7. The summed E-state index contributed by atoms with van der Waals surface area (Å²) in [5.74, 6) is -0.438. The van der Waals surface area contributed by atoms with Gasteiger partial charge in [-0.2, -0.15) is 0 Å². The standard InChI is InChI=1S/C23H30NO5S2/c1-17(25)28-13-3-2-10-24-11-8-18(9-12-24)19(16-24)29-22(26)23(27,20-6-4-14-30-20)21-7-5-15-31-21/h4-7,14-15,18-19,27H,2-3,8-13,16H2,1H3/q+1/t18?,19-,24?/m0/s1. The van der Waals surface area contributed by atoms with Crippen molar-refractivity contribution in [1.29, 1.82) is 0 Å². The predicted octanol–water partition coefficient (Wildman–Crippen LogP) is 3.54. The summed E-state index contributed by atoms with van der Waals surface area (Å²) in [6.07, 6.45) is 3.74. The molecule has 31 heavy (non-hydrogen) atoms. The zero-order valence-corrected chi connectivity index (χ0v) is 19.5. The molecule has 5 rings (SSSR count). The summed E-state index contributed by atoms with van der Waals surface area (Å²) < 4.78 is 12.1. The van der Waals surface area contributed by atoms with Gasteiger partial charge in [0.2, 0.25) is 5.60 Å². The number of rotatable bonds is 9. The van der Waals surface area contributed by atoms with Crippen LogP contribution in [0.3, 0.4) is 0 Å². The molecule has 3 aliphatic heterocycles. The van der Waals surface area contributed by atoms with Crippen LogP contribution in [-0.2, 0) is 24.7 Å². The largest absolute Gasteiger partial charge is 0.466 e. The summed E-state index contributed by atoms with van der Waals surface area (Å²) >= 11 is 2.73. The summed E-state index contributed by atoms with van der Waals surface area (Å²) in [5.41, 5.74) is -1.75. The number of unbranched alkanes of at least 4 members (excludes halogenated alkanes) is 1. The molecule has 0 saturated carbocycles. The SMILES string of the molecule is CC(=O)OCCCC[N+]12CCC(CC1)[C@@H](OC(=O)C(O)(c1cccs1)c1cccs1)C2. The molecule has 168 valence electrons. The van der Waals surface area contributed by atoms with Crippen LogP contribution >= 0.6 is 22.7 Å². The fraction of sp³-hybridized carbons (Fsp3) is 0.565. The molecule has 6 nitrogen and oxygen atoms in total. The third kappa shape index (κ3) is 4.72. The van der Waals surface area contributed by atoms with Crippen molar-refractivity contribution in [3.8, 4) is 0 Å². The fourth-order valence-corrected chi connectivity index (χ4v) is 6.66. The third-order valence-electron chi connectivity index (χ3n) is 6.68. The number of nitrogens with zero attached hydrogens (tertiary/aromatic N) is 1. The molecule has 0 aromatic carbocycles. The quantitative estimate of drug-likeness (QED) is 0.349. The van der Waals surface area contributed by atoms with E-state index in [1.54, 1.807) is 12.1 Å². The molecule has 2 aromatic heterocycles. The number of carbonyl (C=O) groups excluding carboxylic acids is 2. The van der Waals surface area contributed by atoms with Crippen molar-refractivity contribution in [2.45, 2.75) is 44.3 Å². The van der Waals surface area contributed by atoms with Crippen molar-refractivity contribution in [1.82, 2.24) is 0 Å². The number of aliphatic hydroxyl groups is 1. The Hall–Kier alpha value is -1.74. The van der Waals surface area contributed by atoms with Crippen molar-refractivity contribution < 1.29 is 28.7 Å². The average Bonchev–Trinajstić information content (AvgIpc) is 3.48. The van der Waals surface area contributed by atoms with Crippen LogP contribution < -0.4 is 0 Å². The zero-order chi connectivity index (χ0) is 21.9. The molecule has 0 unspecified atom stereocenters. The van der Waals surface area contributed by atoms with Crippen LogP contribution in [0.2, 0.25) is 0 Å².